The lowest BCUT2D eigenvalue weighted by molar-refractivity contribution is 0.102. The summed E-state index contributed by atoms with van der Waals surface area (Å²) in [7, 11) is 1.52. The molecule has 0 aliphatic heterocycles. The minimum atomic E-state index is -0.234. The second kappa shape index (κ2) is 8.06. The molecule has 0 saturated heterocycles. The molecule has 0 saturated carbocycles. The highest BCUT2D eigenvalue weighted by Gasteiger charge is 2.17. The summed E-state index contributed by atoms with van der Waals surface area (Å²) in [5.74, 6) is 0.653. The maximum Gasteiger partial charge on any atom is 0.255 e. The van der Waals surface area contributed by atoms with Crippen LogP contribution in [-0.4, -0.2) is 19.6 Å². The van der Waals surface area contributed by atoms with Gasteiger partial charge in [-0.1, -0.05) is 36.7 Å². The number of methoxy groups -OCH3 is 1. The van der Waals surface area contributed by atoms with Gasteiger partial charge in [0.25, 0.3) is 5.91 Å². The van der Waals surface area contributed by atoms with Crippen LogP contribution in [0.2, 0.25) is 5.02 Å². The number of benzene rings is 2. The van der Waals surface area contributed by atoms with Gasteiger partial charge < -0.3 is 14.8 Å². The molecule has 1 amide bonds. The Morgan fingerprint density at radius 3 is 2.62 bits per heavy atom. The van der Waals surface area contributed by atoms with E-state index in [1.165, 1.54) is 7.11 Å². The number of rotatable bonds is 6. The first-order valence-corrected chi connectivity index (χ1v) is 8.29. The minimum Gasteiger partial charge on any atom is -0.493 e. The lowest BCUT2D eigenvalue weighted by Crippen LogP contribution is -2.14. The van der Waals surface area contributed by atoms with Gasteiger partial charge in [0.05, 0.1) is 18.7 Å². The Kier molecular flexibility index (Phi) is 6.10. The Bertz CT molecular complexity index is 744. The van der Waals surface area contributed by atoms with E-state index in [-0.39, 0.29) is 5.91 Å². The van der Waals surface area contributed by atoms with Crippen molar-refractivity contribution in [3.05, 3.63) is 52.0 Å². The van der Waals surface area contributed by atoms with Crippen LogP contribution in [0.3, 0.4) is 0 Å². The molecule has 0 spiro atoms. The molecule has 4 nitrogen and oxygen atoms in total. The highest BCUT2D eigenvalue weighted by molar-refractivity contribution is 6.32. The van der Waals surface area contributed by atoms with Gasteiger partial charge in [-0.3, -0.25) is 4.79 Å². The van der Waals surface area contributed by atoms with E-state index in [1.54, 1.807) is 12.1 Å². The molecule has 2 aromatic carbocycles. The van der Waals surface area contributed by atoms with Crippen LogP contribution in [0.1, 0.15) is 35.3 Å². The summed E-state index contributed by atoms with van der Waals surface area (Å²) < 4.78 is 10.8. The summed E-state index contributed by atoms with van der Waals surface area (Å²) >= 11 is 6.24. The zero-order valence-corrected chi connectivity index (χ0v) is 15.2. The predicted molar refractivity (Wildman–Crippen MR) is 97.7 cm³/mol. The molecule has 5 heteroatoms. The Morgan fingerprint density at radius 1 is 1.25 bits per heavy atom. The number of aryl methyl sites for hydroxylation is 2. The minimum absolute atomic E-state index is 0.234. The van der Waals surface area contributed by atoms with Crippen molar-refractivity contribution >= 4 is 23.2 Å². The molecule has 0 radical (unpaired) electrons. The molecule has 0 atom stereocenters. The molecule has 0 aliphatic rings. The normalized spacial score (nSPS) is 10.4. The lowest BCUT2D eigenvalue weighted by atomic mass is 10.1. The average Bonchev–Trinajstić information content (AvgIpc) is 2.58. The van der Waals surface area contributed by atoms with E-state index in [4.69, 9.17) is 21.1 Å². The van der Waals surface area contributed by atoms with Gasteiger partial charge in [0, 0.05) is 11.3 Å². The third kappa shape index (κ3) is 3.82. The number of hydrogen-bond donors (Lipinski definition) is 1. The van der Waals surface area contributed by atoms with Crippen molar-refractivity contribution < 1.29 is 14.3 Å². The van der Waals surface area contributed by atoms with Crippen LogP contribution in [0.4, 0.5) is 5.69 Å². The standard InChI is InChI=1S/C19H22ClNO3/c1-5-13-9-7-8-12(3)17(13)21-19(22)14-10-15(20)18(24-6-2)16(11-14)23-4/h7-11H,5-6H2,1-4H3,(H,21,22). The number of amides is 1. The Labute approximate surface area is 147 Å². The SMILES string of the molecule is CCOc1c(Cl)cc(C(=O)Nc2c(C)cccc2CC)cc1OC. The molecular weight excluding hydrogens is 326 g/mol. The molecule has 0 bridgehead atoms. The van der Waals surface area contributed by atoms with E-state index in [2.05, 4.69) is 12.2 Å². The van der Waals surface area contributed by atoms with Crippen LogP contribution < -0.4 is 14.8 Å². The van der Waals surface area contributed by atoms with E-state index in [0.29, 0.717) is 28.7 Å². The fourth-order valence-electron chi connectivity index (χ4n) is 2.52. The Hall–Kier alpha value is -2.20. The van der Waals surface area contributed by atoms with E-state index >= 15 is 0 Å². The number of hydrogen-bond acceptors (Lipinski definition) is 3. The van der Waals surface area contributed by atoms with E-state index in [1.807, 2.05) is 32.0 Å². The molecule has 0 aromatic heterocycles. The van der Waals surface area contributed by atoms with E-state index in [0.717, 1.165) is 23.2 Å². The van der Waals surface area contributed by atoms with Crippen molar-refractivity contribution in [2.45, 2.75) is 27.2 Å². The summed E-state index contributed by atoms with van der Waals surface area (Å²) in [6.45, 7) is 6.35. The number of halogens is 1. The fourth-order valence-corrected chi connectivity index (χ4v) is 2.79. The van der Waals surface area contributed by atoms with Gasteiger partial charge in [-0.15, -0.1) is 0 Å². The van der Waals surface area contributed by atoms with Crippen LogP contribution >= 0.6 is 11.6 Å². The molecule has 0 aliphatic carbocycles. The smallest absolute Gasteiger partial charge is 0.255 e. The van der Waals surface area contributed by atoms with Crippen molar-refractivity contribution in [1.29, 1.82) is 0 Å². The lowest BCUT2D eigenvalue weighted by Gasteiger charge is -2.15. The second-order valence-corrected chi connectivity index (χ2v) is 5.75. The van der Waals surface area contributed by atoms with Crippen molar-refractivity contribution in [1.82, 2.24) is 0 Å². The highest BCUT2D eigenvalue weighted by Crippen LogP contribution is 2.36. The summed E-state index contributed by atoms with van der Waals surface area (Å²) in [5, 5.41) is 3.33. The number of carbonyl (C=O) groups is 1. The third-order valence-electron chi connectivity index (χ3n) is 3.76. The largest absolute Gasteiger partial charge is 0.493 e. The maximum atomic E-state index is 12.7. The molecule has 1 N–H and O–H groups in total. The molecule has 2 rings (SSSR count). The average molecular weight is 348 g/mol. The predicted octanol–water partition coefficient (Wildman–Crippen LogP) is 4.87. The van der Waals surface area contributed by atoms with Gasteiger partial charge in [-0.25, -0.2) is 0 Å². The molecular formula is C19H22ClNO3. The van der Waals surface area contributed by atoms with Gasteiger partial charge in [0.1, 0.15) is 0 Å². The van der Waals surface area contributed by atoms with E-state index in [9.17, 15) is 4.79 Å². The maximum absolute atomic E-state index is 12.7. The molecule has 2 aromatic rings. The quantitative estimate of drug-likeness (QED) is 0.810. The van der Waals surface area contributed by atoms with Crippen LogP contribution in [-0.2, 0) is 6.42 Å². The molecule has 0 unspecified atom stereocenters. The third-order valence-corrected chi connectivity index (χ3v) is 4.04. The Balaban J connectivity index is 2.36. The van der Waals surface area contributed by atoms with Crippen LogP contribution in [0.25, 0.3) is 0 Å². The van der Waals surface area contributed by atoms with Crippen molar-refractivity contribution in [3.8, 4) is 11.5 Å². The summed E-state index contributed by atoms with van der Waals surface area (Å²) in [4.78, 5) is 12.7. The summed E-state index contributed by atoms with van der Waals surface area (Å²) in [6, 6.07) is 9.19. The number of nitrogens with one attached hydrogen (secondary N) is 1. The topological polar surface area (TPSA) is 47.6 Å². The van der Waals surface area contributed by atoms with Crippen LogP contribution in [0.15, 0.2) is 30.3 Å². The summed E-state index contributed by atoms with van der Waals surface area (Å²) in [6.07, 6.45) is 0.838. The molecule has 128 valence electrons. The van der Waals surface area contributed by atoms with Gasteiger partial charge >= 0.3 is 0 Å². The van der Waals surface area contributed by atoms with Gasteiger partial charge in [-0.05, 0) is 43.5 Å². The Morgan fingerprint density at radius 2 is 2.00 bits per heavy atom. The van der Waals surface area contributed by atoms with Crippen LogP contribution in [0.5, 0.6) is 11.5 Å². The fraction of sp³-hybridized carbons (Fsp3) is 0.316. The molecule has 0 fully saturated rings. The molecule has 0 heterocycles. The monoisotopic (exact) mass is 347 g/mol. The zero-order valence-electron chi connectivity index (χ0n) is 14.4. The van der Waals surface area contributed by atoms with Crippen molar-refractivity contribution in [3.63, 3.8) is 0 Å². The van der Waals surface area contributed by atoms with Gasteiger partial charge in [0.2, 0.25) is 0 Å². The number of carbonyl (C=O) groups excluding carboxylic acids is 1. The van der Waals surface area contributed by atoms with Crippen molar-refractivity contribution in [2.75, 3.05) is 19.0 Å². The molecule has 24 heavy (non-hydrogen) atoms. The number of para-hydroxylation sites is 1. The summed E-state index contributed by atoms with van der Waals surface area (Å²) in [5.41, 5.74) is 3.37. The second-order valence-electron chi connectivity index (χ2n) is 5.34. The first kappa shape index (κ1) is 18.1. The highest BCUT2D eigenvalue weighted by atomic mass is 35.5. The zero-order chi connectivity index (χ0) is 17.7. The van der Waals surface area contributed by atoms with Gasteiger partial charge in [0.15, 0.2) is 11.5 Å². The first-order valence-electron chi connectivity index (χ1n) is 7.91. The first-order chi connectivity index (χ1) is 11.5. The number of anilines is 1. The van der Waals surface area contributed by atoms with E-state index < -0.39 is 0 Å². The van der Waals surface area contributed by atoms with Gasteiger partial charge in [-0.2, -0.15) is 0 Å². The number of ether oxygens (including phenoxy) is 2. The van der Waals surface area contributed by atoms with Crippen molar-refractivity contribution in [2.24, 2.45) is 0 Å². The van der Waals surface area contributed by atoms with Crippen LogP contribution in [0, 0.1) is 6.92 Å².